The van der Waals surface area contributed by atoms with Crippen LogP contribution in [0.4, 0.5) is 0 Å². The second-order valence-corrected chi connectivity index (χ2v) is 7.38. The Labute approximate surface area is 144 Å². The molecule has 0 aromatic heterocycles. The molecule has 0 aromatic rings. The second-order valence-electron chi connectivity index (χ2n) is 7.38. The highest BCUT2D eigenvalue weighted by Gasteiger charge is 2.27. The molecule has 1 unspecified atom stereocenters. The van der Waals surface area contributed by atoms with Gasteiger partial charge in [0, 0.05) is 13.0 Å². The molecule has 1 rings (SSSR count). The van der Waals surface area contributed by atoms with E-state index in [4.69, 9.17) is 5.11 Å². The van der Waals surface area contributed by atoms with Crippen molar-refractivity contribution < 1.29 is 9.59 Å². The zero-order chi connectivity index (χ0) is 16.6. The second kappa shape index (κ2) is 14.0. The van der Waals surface area contributed by atoms with Crippen molar-refractivity contribution in [2.24, 2.45) is 4.99 Å². The molecular weight excluding hydrogens is 284 g/mol. The number of quaternary nitrogens is 1. The van der Waals surface area contributed by atoms with Crippen LogP contribution >= 0.6 is 0 Å². The molecule has 136 valence electrons. The molecule has 1 atom stereocenters. The van der Waals surface area contributed by atoms with Gasteiger partial charge in [0.2, 0.25) is 0 Å². The molecule has 0 aliphatic carbocycles. The Morgan fingerprint density at radius 2 is 1.30 bits per heavy atom. The first-order chi connectivity index (χ1) is 11.3. The van der Waals surface area contributed by atoms with Crippen molar-refractivity contribution in [3.8, 4) is 0 Å². The Kier molecular flexibility index (Phi) is 12.5. The zero-order valence-corrected chi connectivity index (χ0v) is 15.6. The summed E-state index contributed by atoms with van der Waals surface area (Å²) in [5.74, 6) is 0. The number of hydrogen-bond donors (Lipinski definition) is 1. The monoisotopic (exact) mass is 325 g/mol. The fourth-order valence-corrected chi connectivity index (χ4v) is 3.65. The number of unbranched alkanes of at least 4 members (excludes halogenated alkanes) is 11. The van der Waals surface area contributed by atoms with Gasteiger partial charge in [-0.15, -0.1) is 0 Å². The van der Waals surface area contributed by atoms with E-state index in [1.165, 1.54) is 83.6 Å². The number of nitrogens with zero attached hydrogens (tertiary/aromatic N) is 2. The standard InChI is InChI=1S/C20H41N2O/c1-2-3-4-5-6-7-8-9-10-11-12-13-16-22(17-14-19-23)18-15-21-20-22/h20,23H,2-19H2,1H3/q+1. The first kappa shape index (κ1) is 20.6. The van der Waals surface area contributed by atoms with Crippen molar-refractivity contribution in [2.45, 2.75) is 90.4 Å². The quantitative estimate of drug-likeness (QED) is 0.317. The Balaban J connectivity index is 1.89. The lowest BCUT2D eigenvalue weighted by atomic mass is 10.1. The molecule has 1 heterocycles. The van der Waals surface area contributed by atoms with E-state index in [0.29, 0.717) is 6.61 Å². The first-order valence-corrected chi connectivity index (χ1v) is 10.3. The van der Waals surface area contributed by atoms with E-state index in [-0.39, 0.29) is 0 Å². The van der Waals surface area contributed by atoms with Gasteiger partial charge in [0.05, 0.1) is 19.6 Å². The molecule has 0 spiro atoms. The van der Waals surface area contributed by atoms with Gasteiger partial charge >= 0.3 is 0 Å². The summed E-state index contributed by atoms with van der Waals surface area (Å²) in [6, 6.07) is 0. The Morgan fingerprint density at radius 1 is 0.783 bits per heavy atom. The largest absolute Gasteiger partial charge is 0.396 e. The molecule has 1 N–H and O–H groups in total. The van der Waals surface area contributed by atoms with Crippen molar-refractivity contribution in [1.29, 1.82) is 0 Å². The topological polar surface area (TPSA) is 32.6 Å². The molecule has 1 aliphatic rings. The van der Waals surface area contributed by atoms with E-state index in [1.807, 2.05) is 0 Å². The average Bonchev–Trinajstić information content (AvgIpc) is 3.03. The minimum atomic E-state index is 0.312. The number of aliphatic imine (C=N–C) groups is 1. The maximum Gasteiger partial charge on any atom is 0.185 e. The van der Waals surface area contributed by atoms with Crippen molar-refractivity contribution in [1.82, 2.24) is 0 Å². The van der Waals surface area contributed by atoms with Crippen molar-refractivity contribution in [3.63, 3.8) is 0 Å². The van der Waals surface area contributed by atoms with E-state index in [0.717, 1.165) is 30.5 Å². The summed E-state index contributed by atoms with van der Waals surface area (Å²) < 4.78 is 1.03. The average molecular weight is 326 g/mol. The third-order valence-electron chi connectivity index (χ3n) is 5.22. The predicted molar refractivity (Wildman–Crippen MR) is 101 cm³/mol. The van der Waals surface area contributed by atoms with Crippen molar-refractivity contribution in [2.75, 3.05) is 32.8 Å². The maximum absolute atomic E-state index is 9.06. The smallest absolute Gasteiger partial charge is 0.185 e. The molecule has 0 bridgehead atoms. The van der Waals surface area contributed by atoms with E-state index >= 15 is 0 Å². The number of aliphatic hydroxyl groups is 1. The van der Waals surface area contributed by atoms with Crippen LogP contribution in [-0.4, -0.2) is 48.7 Å². The summed E-state index contributed by atoms with van der Waals surface area (Å²) in [7, 11) is 0. The molecule has 0 aromatic carbocycles. The van der Waals surface area contributed by atoms with Crippen molar-refractivity contribution >= 4 is 6.34 Å². The highest BCUT2D eigenvalue weighted by atomic mass is 16.3. The van der Waals surface area contributed by atoms with Crippen LogP contribution < -0.4 is 0 Å². The SMILES string of the molecule is CCCCCCCCCCCCCC[N+]1(CCCO)C=NCC1. The molecule has 0 fully saturated rings. The fourth-order valence-electron chi connectivity index (χ4n) is 3.65. The third-order valence-corrected chi connectivity index (χ3v) is 5.22. The molecule has 23 heavy (non-hydrogen) atoms. The Morgan fingerprint density at radius 3 is 1.78 bits per heavy atom. The van der Waals surface area contributed by atoms with E-state index < -0.39 is 0 Å². The first-order valence-electron chi connectivity index (χ1n) is 10.3. The molecule has 0 amide bonds. The van der Waals surface area contributed by atoms with Gasteiger partial charge in [-0.3, -0.25) is 4.48 Å². The van der Waals surface area contributed by atoms with Gasteiger partial charge in [0.1, 0.15) is 6.54 Å². The molecule has 0 saturated heterocycles. The zero-order valence-electron chi connectivity index (χ0n) is 15.6. The van der Waals surface area contributed by atoms with Gasteiger partial charge in [-0.25, -0.2) is 4.99 Å². The fraction of sp³-hybridized carbons (Fsp3) is 0.950. The summed E-state index contributed by atoms with van der Waals surface area (Å²) in [4.78, 5) is 4.43. The van der Waals surface area contributed by atoms with Crippen LogP contribution in [0.1, 0.15) is 90.4 Å². The van der Waals surface area contributed by atoms with E-state index in [1.54, 1.807) is 0 Å². The summed E-state index contributed by atoms with van der Waals surface area (Å²) in [5, 5.41) is 9.06. The summed E-state index contributed by atoms with van der Waals surface area (Å²) in [6.07, 6.45) is 20.0. The molecule has 0 radical (unpaired) electrons. The molecule has 3 nitrogen and oxygen atoms in total. The number of rotatable bonds is 16. The summed E-state index contributed by atoms with van der Waals surface area (Å²) in [5.41, 5.74) is 0. The van der Waals surface area contributed by atoms with Gasteiger partial charge in [-0.2, -0.15) is 0 Å². The molecular formula is C20H41N2O+. The highest BCUT2D eigenvalue weighted by Crippen LogP contribution is 2.15. The van der Waals surface area contributed by atoms with Crippen LogP contribution in [0.25, 0.3) is 0 Å². The van der Waals surface area contributed by atoms with Crippen molar-refractivity contribution in [3.05, 3.63) is 0 Å². The third kappa shape index (κ3) is 10.1. The maximum atomic E-state index is 9.06. The highest BCUT2D eigenvalue weighted by molar-refractivity contribution is 5.48. The van der Waals surface area contributed by atoms with Gasteiger partial charge in [0.15, 0.2) is 6.34 Å². The lowest BCUT2D eigenvalue weighted by Crippen LogP contribution is -2.47. The molecule has 1 aliphatic heterocycles. The Bertz CT molecular complexity index is 293. The van der Waals surface area contributed by atoms with Crippen LogP contribution in [-0.2, 0) is 0 Å². The van der Waals surface area contributed by atoms with Crippen LogP contribution in [0.3, 0.4) is 0 Å². The summed E-state index contributed by atoms with van der Waals surface area (Å²) in [6.45, 7) is 7.01. The lowest BCUT2D eigenvalue weighted by Gasteiger charge is -2.30. The summed E-state index contributed by atoms with van der Waals surface area (Å²) >= 11 is 0. The normalized spacial score (nSPS) is 20.4. The van der Waals surface area contributed by atoms with Crippen LogP contribution in [0.5, 0.6) is 0 Å². The molecule has 3 heteroatoms. The van der Waals surface area contributed by atoms with E-state index in [9.17, 15) is 0 Å². The number of hydrogen-bond acceptors (Lipinski definition) is 2. The Hall–Kier alpha value is -0.410. The minimum Gasteiger partial charge on any atom is -0.396 e. The van der Waals surface area contributed by atoms with Gasteiger partial charge in [-0.1, -0.05) is 71.1 Å². The van der Waals surface area contributed by atoms with E-state index in [2.05, 4.69) is 18.3 Å². The predicted octanol–water partition coefficient (Wildman–Crippen LogP) is 4.93. The lowest BCUT2D eigenvalue weighted by molar-refractivity contribution is -0.829. The van der Waals surface area contributed by atoms with Gasteiger partial charge < -0.3 is 5.11 Å². The van der Waals surface area contributed by atoms with Crippen LogP contribution in [0.2, 0.25) is 0 Å². The van der Waals surface area contributed by atoms with Crippen LogP contribution in [0.15, 0.2) is 4.99 Å². The number of aliphatic hydroxyl groups excluding tert-OH is 1. The van der Waals surface area contributed by atoms with Crippen LogP contribution in [0, 0.1) is 0 Å². The van der Waals surface area contributed by atoms with Gasteiger partial charge in [0.25, 0.3) is 0 Å². The van der Waals surface area contributed by atoms with Gasteiger partial charge in [-0.05, 0) is 12.8 Å². The minimum absolute atomic E-state index is 0.312. The molecule has 0 saturated carbocycles.